The van der Waals surface area contributed by atoms with Crippen LogP contribution in [0.2, 0.25) is 10.0 Å². The van der Waals surface area contributed by atoms with Crippen LogP contribution in [0.3, 0.4) is 0 Å². The lowest BCUT2D eigenvalue weighted by Crippen LogP contribution is -2.33. The van der Waals surface area contributed by atoms with Crippen LogP contribution in [0.1, 0.15) is 30.1 Å². The first-order valence-corrected chi connectivity index (χ1v) is 12.3. The van der Waals surface area contributed by atoms with Crippen LogP contribution in [0.25, 0.3) is 0 Å². The van der Waals surface area contributed by atoms with Crippen molar-refractivity contribution in [3.05, 3.63) is 70.0 Å². The molecule has 1 heterocycles. The number of rotatable bonds is 7. The molecule has 0 fully saturated rings. The molecule has 33 heavy (non-hydrogen) atoms. The predicted octanol–water partition coefficient (Wildman–Crippen LogP) is 4.76. The quantitative estimate of drug-likeness (QED) is 0.492. The number of aromatic nitrogens is 2. The molecule has 0 radical (unpaired) electrons. The third kappa shape index (κ3) is 4.86. The number of halogens is 2. The van der Waals surface area contributed by atoms with Crippen molar-refractivity contribution in [3.63, 3.8) is 0 Å². The van der Waals surface area contributed by atoms with E-state index in [0.717, 1.165) is 17.7 Å². The molecule has 0 spiro atoms. The average Bonchev–Trinajstić information content (AvgIpc) is 3.18. The Labute approximate surface area is 201 Å². The van der Waals surface area contributed by atoms with E-state index in [4.69, 9.17) is 33.0 Å². The highest BCUT2D eigenvalue weighted by molar-refractivity contribution is 7.89. The second-order valence-corrected chi connectivity index (χ2v) is 10.5. The molecule has 1 aliphatic carbocycles. The van der Waals surface area contributed by atoms with Gasteiger partial charge >= 0.3 is 5.97 Å². The lowest BCUT2D eigenvalue weighted by atomic mass is 9.93. The minimum Gasteiger partial charge on any atom is -0.480 e. The van der Waals surface area contributed by atoms with Crippen LogP contribution in [0, 0.1) is 0 Å². The molecule has 1 aliphatic rings. The molecule has 0 amide bonds. The van der Waals surface area contributed by atoms with E-state index in [1.807, 2.05) is 0 Å². The summed E-state index contributed by atoms with van der Waals surface area (Å²) < 4.78 is 35.2. The van der Waals surface area contributed by atoms with E-state index >= 15 is 0 Å². The van der Waals surface area contributed by atoms with Crippen LogP contribution in [0.5, 0.6) is 11.5 Å². The summed E-state index contributed by atoms with van der Waals surface area (Å²) in [5, 5.41) is 14.0. The summed E-state index contributed by atoms with van der Waals surface area (Å²) >= 11 is 12.2. The van der Waals surface area contributed by atoms with Gasteiger partial charge < -0.3 is 9.84 Å². The van der Waals surface area contributed by atoms with Crippen molar-refractivity contribution in [2.45, 2.75) is 36.7 Å². The number of ether oxygens (including phenoxy) is 1. The van der Waals surface area contributed by atoms with E-state index in [1.165, 1.54) is 34.2 Å². The summed E-state index contributed by atoms with van der Waals surface area (Å²) in [5.41, 5.74) is 1.47. The number of nitrogens with zero attached hydrogens (tertiary/aromatic N) is 3. The number of carboxylic acid groups (broad SMARTS) is 1. The summed E-state index contributed by atoms with van der Waals surface area (Å²) in [6.07, 6.45) is 3.53. The topological polar surface area (TPSA) is 102 Å². The van der Waals surface area contributed by atoms with Crippen LogP contribution in [-0.2, 0) is 27.8 Å². The number of carbonyl (C=O) groups is 1. The number of fused-ring (bicyclic) bond motifs is 1. The average molecular weight is 510 g/mol. The van der Waals surface area contributed by atoms with Gasteiger partial charge in [0.15, 0.2) is 0 Å². The van der Waals surface area contributed by atoms with E-state index in [9.17, 15) is 13.2 Å². The van der Waals surface area contributed by atoms with Crippen LogP contribution in [0.4, 0.5) is 0 Å². The van der Waals surface area contributed by atoms with Crippen molar-refractivity contribution >= 4 is 39.2 Å². The Balaban J connectivity index is 1.58. The van der Waals surface area contributed by atoms with Crippen LogP contribution < -0.4 is 4.74 Å². The lowest BCUT2D eigenvalue weighted by Gasteiger charge is -2.31. The van der Waals surface area contributed by atoms with Crippen molar-refractivity contribution < 1.29 is 23.1 Å². The second-order valence-electron chi connectivity index (χ2n) is 7.68. The molecular formula is C22H21Cl2N3O5S. The van der Waals surface area contributed by atoms with Crippen molar-refractivity contribution in [2.24, 2.45) is 0 Å². The van der Waals surface area contributed by atoms with Gasteiger partial charge in [-0.3, -0.25) is 9.48 Å². The molecule has 0 saturated carbocycles. The minimum absolute atomic E-state index is 0.0310. The zero-order valence-corrected chi connectivity index (χ0v) is 19.9. The largest absolute Gasteiger partial charge is 0.480 e. The minimum atomic E-state index is -3.89. The normalized spacial score (nSPS) is 15.9. The molecule has 8 nitrogen and oxygen atoms in total. The standard InChI is InChI=1S/C22H21Cl2N3O5S/c1-26(19-3-2-4-20-17(19)12-25-27(20)13-22(28)29)33(30,31)16-9-10-21(18(24)11-16)32-15-7-5-14(23)6-8-15/h5-12,19H,2-4,13H2,1H3,(H,28,29)/t19-/m1/s1. The van der Waals surface area contributed by atoms with Gasteiger partial charge in [0.2, 0.25) is 10.0 Å². The summed E-state index contributed by atoms with van der Waals surface area (Å²) in [5.74, 6) is -0.169. The van der Waals surface area contributed by atoms with Crippen LogP contribution in [-0.4, -0.2) is 40.6 Å². The smallest absolute Gasteiger partial charge is 0.325 e. The maximum absolute atomic E-state index is 13.4. The Bertz CT molecular complexity index is 1290. The summed E-state index contributed by atoms with van der Waals surface area (Å²) in [7, 11) is -2.38. The first kappa shape index (κ1) is 23.6. The second kappa shape index (κ2) is 9.34. The van der Waals surface area contributed by atoms with Gasteiger partial charge in [0.1, 0.15) is 18.0 Å². The summed E-state index contributed by atoms with van der Waals surface area (Å²) in [4.78, 5) is 11.1. The fourth-order valence-corrected chi connectivity index (χ4v) is 5.73. The molecular weight excluding hydrogens is 489 g/mol. The highest BCUT2D eigenvalue weighted by Gasteiger charge is 2.34. The zero-order chi connectivity index (χ0) is 23.8. The van der Waals surface area contributed by atoms with Gasteiger partial charge in [0, 0.05) is 23.3 Å². The molecule has 2 aromatic carbocycles. The maximum atomic E-state index is 13.4. The van der Waals surface area contributed by atoms with Gasteiger partial charge in [-0.15, -0.1) is 0 Å². The molecule has 174 valence electrons. The fourth-order valence-electron chi connectivity index (χ4n) is 3.93. The van der Waals surface area contributed by atoms with Gasteiger partial charge in [-0.1, -0.05) is 23.2 Å². The van der Waals surface area contributed by atoms with E-state index in [0.29, 0.717) is 29.4 Å². The molecule has 4 rings (SSSR count). The number of benzene rings is 2. The van der Waals surface area contributed by atoms with E-state index in [1.54, 1.807) is 30.5 Å². The van der Waals surface area contributed by atoms with E-state index in [-0.39, 0.29) is 16.5 Å². The number of hydrogen-bond donors (Lipinski definition) is 1. The van der Waals surface area contributed by atoms with Gasteiger partial charge in [-0.05, 0) is 61.7 Å². The lowest BCUT2D eigenvalue weighted by molar-refractivity contribution is -0.137. The SMILES string of the molecule is CN([C@@H]1CCCc2c1cnn2CC(=O)O)S(=O)(=O)c1ccc(Oc2ccc(Cl)cc2)c(Cl)c1. The van der Waals surface area contributed by atoms with Gasteiger partial charge in [-0.25, -0.2) is 8.42 Å². The van der Waals surface area contributed by atoms with E-state index in [2.05, 4.69) is 5.10 Å². The predicted molar refractivity (Wildman–Crippen MR) is 123 cm³/mol. The monoisotopic (exact) mass is 509 g/mol. The number of hydrogen-bond acceptors (Lipinski definition) is 5. The highest BCUT2D eigenvalue weighted by atomic mass is 35.5. The highest BCUT2D eigenvalue weighted by Crippen LogP contribution is 2.38. The van der Waals surface area contributed by atoms with Gasteiger partial charge in [-0.2, -0.15) is 9.40 Å². The van der Waals surface area contributed by atoms with Crippen molar-refractivity contribution in [2.75, 3.05) is 7.05 Å². The van der Waals surface area contributed by atoms with Crippen molar-refractivity contribution in [1.82, 2.24) is 14.1 Å². The summed E-state index contributed by atoms with van der Waals surface area (Å²) in [6, 6.07) is 10.6. The maximum Gasteiger partial charge on any atom is 0.325 e. The van der Waals surface area contributed by atoms with Gasteiger partial charge in [0.25, 0.3) is 0 Å². The van der Waals surface area contributed by atoms with Crippen LogP contribution in [0.15, 0.2) is 53.6 Å². The Hall–Kier alpha value is -2.59. The third-order valence-corrected chi connectivity index (χ3v) is 7.99. The fraction of sp³-hybridized carbons (Fsp3) is 0.273. The molecule has 0 saturated heterocycles. The Morgan fingerprint density at radius 1 is 1.24 bits per heavy atom. The van der Waals surface area contributed by atoms with E-state index < -0.39 is 22.0 Å². The molecule has 3 aromatic rings. The van der Waals surface area contributed by atoms with Crippen LogP contribution >= 0.6 is 23.2 Å². The molecule has 1 N–H and O–H groups in total. The Kier molecular flexibility index (Phi) is 6.67. The molecule has 1 atom stereocenters. The molecule has 0 aliphatic heterocycles. The summed E-state index contributed by atoms with van der Waals surface area (Å²) in [6.45, 7) is -0.261. The number of aliphatic carboxylic acids is 1. The zero-order valence-electron chi connectivity index (χ0n) is 17.6. The first-order chi connectivity index (χ1) is 15.7. The van der Waals surface area contributed by atoms with Crippen molar-refractivity contribution in [1.29, 1.82) is 0 Å². The number of carboxylic acids is 1. The van der Waals surface area contributed by atoms with Crippen molar-refractivity contribution in [3.8, 4) is 11.5 Å². The third-order valence-electron chi connectivity index (χ3n) is 5.58. The Morgan fingerprint density at radius 2 is 1.97 bits per heavy atom. The molecule has 11 heteroatoms. The molecule has 1 aromatic heterocycles. The Morgan fingerprint density at radius 3 is 2.64 bits per heavy atom. The van der Waals surface area contributed by atoms with Gasteiger partial charge in [0.05, 0.1) is 22.2 Å². The molecule has 0 unspecified atom stereocenters. The number of sulfonamides is 1. The first-order valence-electron chi connectivity index (χ1n) is 10.1. The molecule has 0 bridgehead atoms.